The van der Waals surface area contributed by atoms with Crippen LogP contribution in [-0.2, 0) is 13.2 Å². The van der Waals surface area contributed by atoms with Crippen molar-refractivity contribution in [2.24, 2.45) is 5.41 Å². The van der Waals surface area contributed by atoms with Gasteiger partial charge in [0.2, 0.25) is 0 Å². The molecule has 0 unspecified atom stereocenters. The summed E-state index contributed by atoms with van der Waals surface area (Å²) in [6, 6.07) is 5.93. The number of hydrogen-bond acceptors (Lipinski definition) is 3. The molecule has 3 heteroatoms. The number of ether oxygens (including phenoxy) is 1. The number of nitrogens with zero attached hydrogens (tertiary/aromatic N) is 1. The molecule has 1 aliphatic heterocycles. The smallest absolute Gasteiger partial charge is 0.123 e. The van der Waals surface area contributed by atoms with E-state index in [1.165, 1.54) is 18.4 Å². The summed E-state index contributed by atoms with van der Waals surface area (Å²) >= 11 is 0. The van der Waals surface area contributed by atoms with Crippen LogP contribution >= 0.6 is 0 Å². The van der Waals surface area contributed by atoms with Gasteiger partial charge in [0.1, 0.15) is 5.75 Å². The zero-order valence-corrected chi connectivity index (χ0v) is 12.3. The average Bonchev–Trinajstić information content (AvgIpc) is 2.37. The zero-order valence-electron chi connectivity index (χ0n) is 12.3. The highest BCUT2D eigenvalue weighted by Gasteiger charge is 2.26. The molecule has 1 N–H and O–H groups in total. The van der Waals surface area contributed by atoms with Gasteiger partial charge in [0.05, 0.1) is 13.7 Å². The number of likely N-dealkylation sites (tertiary alicyclic amines) is 1. The molecule has 0 atom stereocenters. The molecule has 1 fully saturated rings. The van der Waals surface area contributed by atoms with E-state index in [1.807, 2.05) is 12.1 Å². The number of benzene rings is 1. The SMILES string of the molecule is COc1ccc(CO)cc1CN1CCCC(C)(C)C1. The van der Waals surface area contributed by atoms with Crippen molar-refractivity contribution in [3.63, 3.8) is 0 Å². The number of piperidine rings is 1. The van der Waals surface area contributed by atoms with Crippen molar-refractivity contribution in [3.05, 3.63) is 29.3 Å². The van der Waals surface area contributed by atoms with Crippen LogP contribution in [0.4, 0.5) is 0 Å². The average molecular weight is 263 g/mol. The lowest BCUT2D eigenvalue weighted by atomic mass is 9.84. The third-order valence-electron chi connectivity index (χ3n) is 3.90. The van der Waals surface area contributed by atoms with Crippen LogP contribution in [0.1, 0.15) is 37.8 Å². The summed E-state index contributed by atoms with van der Waals surface area (Å²) in [4.78, 5) is 2.49. The van der Waals surface area contributed by atoms with E-state index in [0.29, 0.717) is 5.41 Å². The minimum atomic E-state index is 0.0858. The van der Waals surface area contributed by atoms with Crippen molar-refractivity contribution < 1.29 is 9.84 Å². The van der Waals surface area contributed by atoms with Crippen LogP contribution in [0, 0.1) is 5.41 Å². The van der Waals surface area contributed by atoms with Crippen molar-refractivity contribution in [1.29, 1.82) is 0 Å². The molecular weight excluding hydrogens is 238 g/mol. The molecule has 0 aliphatic carbocycles. The molecule has 0 amide bonds. The molecule has 1 aromatic rings. The predicted octanol–water partition coefficient (Wildman–Crippen LogP) is 2.81. The Morgan fingerprint density at radius 3 is 2.79 bits per heavy atom. The van der Waals surface area contributed by atoms with Gasteiger partial charge in [-0.1, -0.05) is 19.9 Å². The fraction of sp³-hybridized carbons (Fsp3) is 0.625. The molecule has 19 heavy (non-hydrogen) atoms. The summed E-state index contributed by atoms with van der Waals surface area (Å²) in [5.41, 5.74) is 2.53. The van der Waals surface area contributed by atoms with Crippen LogP contribution in [0.15, 0.2) is 18.2 Å². The van der Waals surface area contributed by atoms with Gasteiger partial charge in [-0.15, -0.1) is 0 Å². The predicted molar refractivity (Wildman–Crippen MR) is 77.2 cm³/mol. The number of methoxy groups -OCH3 is 1. The van der Waals surface area contributed by atoms with Gasteiger partial charge in [-0.25, -0.2) is 0 Å². The molecular formula is C16H25NO2. The lowest BCUT2D eigenvalue weighted by Crippen LogP contribution is -2.39. The first-order valence-corrected chi connectivity index (χ1v) is 7.03. The minimum absolute atomic E-state index is 0.0858. The van der Waals surface area contributed by atoms with Crippen molar-refractivity contribution >= 4 is 0 Å². The first-order valence-electron chi connectivity index (χ1n) is 7.03. The maximum absolute atomic E-state index is 9.26. The monoisotopic (exact) mass is 263 g/mol. The van der Waals surface area contributed by atoms with Gasteiger partial charge in [-0.05, 0) is 42.5 Å². The normalized spacial score (nSPS) is 19.4. The fourth-order valence-electron chi connectivity index (χ4n) is 2.97. The van der Waals surface area contributed by atoms with E-state index in [1.54, 1.807) is 7.11 Å². The van der Waals surface area contributed by atoms with Gasteiger partial charge >= 0.3 is 0 Å². The van der Waals surface area contributed by atoms with Crippen LogP contribution in [0.3, 0.4) is 0 Å². The first-order chi connectivity index (χ1) is 9.04. The first kappa shape index (κ1) is 14.4. The second-order valence-electron chi connectivity index (χ2n) is 6.28. The summed E-state index contributed by atoms with van der Waals surface area (Å²) in [7, 11) is 1.71. The van der Waals surface area contributed by atoms with Crippen molar-refractivity contribution in [2.45, 2.75) is 39.8 Å². The summed E-state index contributed by atoms with van der Waals surface area (Å²) in [5, 5.41) is 9.26. The Labute approximate surface area is 116 Å². The van der Waals surface area contributed by atoms with E-state index < -0.39 is 0 Å². The minimum Gasteiger partial charge on any atom is -0.496 e. The highest BCUT2D eigenvalue weighted by molar-refractivity contribution is 5.37. The van der Waals surface area contributed by atoms with E-state index in [9.17, 15) is 5.11 Å². The molecule has 0 spiro atoms. The molecule has 1 aliphatic rings. The van der Waals surface area contributed by atoms with Crippen molar-refractivity contribution in [3.8, 4) is 5.75 Å². The van der Waals surface area contributed by atoms with Gasteiger partial charge in [0, 0.05) is 18.7 Å². The quantitative estimate of drug-likeness (QED) is 0.906. The third-order valence-corrected chi connectivity index (χ3v) is 3.90. The second kappa shape index (κ2) is 5.93. The van der Waals surface area contributed by atoms with Gasteiger partial charge in [-0.2, -0.15) is 0 Å². The molecule has 106 valence electrons. The van der Waals surface area contributed by atoms with E-state index in [-0.39, 0.29) is 6.61 Å². The topological polar surface area (TPSA) is 32.7 Å². The third kappa shape index (κ3) is 3.71. The van der Waals surface area contributed by atoms with Crippen LogP contribution < -0.4 is 4.74 Å². The van der Waals surface area contributed by atoms with Crippen molar-refractivity contribution in [1.82, 2.24) is 4.90 Å². The molecule has 0 aromatic heterocycles. The Morgan fingerprint density at radius 1 is 1.37 bits per heavy atom. The van der Waals surface area contributed by atoms with Gasteiger partial charge in [0.25, 0.3) is 0 Å². The van der Waals surface area contributed by atoms with Crippen LogP contribution in [0.5, 0.6) is 5.75 Å². The Hall–Kier alpha value is -1.06. The van der Waals surface area contributed by atoms with Gasteiger partial charge < -0.3 is 9.84 Å². The largest absolute Gasteiger partial charge is 0.496 e. The maximum atomic E-state index is 9.26. The summed E-state index contributed by atoms with van der Waals surface area (Å²) in [6.07, 6.45) is 2.56. The maximum Gasteiger partial charge on any atom is 0.123 e. The molecule has 1 heterocycles. The summed E-state index contributed by atoms with van der Waals surface area (Å²) in [5.74, 6) is 0.917. The lowest BCUT2D eigenvalue weighted by Gasteiger charge is -2.38. The van der Waals surface area contributed by atoms with Gasteiger partial charge in [-0.3, -0.25) is 4.90 Å². The molecule has 1 saturated heterocycles. The molecule has 0 bridgehead atoms. The number of aliphatic hydroxyl groups excluding tert-OH is 1. The van der Waals surface area contributed by atoms with E-state index in [2.05, 4.69) is 24.8 Å². The lowest BCUT2D eigenvalue weighted by molar-refractivity contribution is 0.111. The van der Waals surface area contributed by atoms with Crippen LogP contribution in [-0.4, -0.2) is 30.2 Å². The molecule has 1 aromatic carbocycles. The van der Waals surface area contributed by atoms with E-state index in [0.717, 1.165) is 30.9 Å². The second-order valence-corrected chi connectivity index (χ2v) is 6.28. The standard InChI is InChI=1S/C16H25NO2/c1-16(2)7-4-8-17(12-16)10-14-9-13(11-18)5-6-15(14)19-3/h5-6,9,18H,4,7-8,10-12H2,1-3H3. The summed E-state index contributed by atoms with van der Waals surface area (Å²) < 4.78 is 5.43. The molecule has 2 rings (SSSR count). The highest BCUT2D eigenvalue weighted by Crippen LogP contribution is 2.30. The fourth-order valence-corrected chi connectivity index (χ4v) is 2.97. The number of aliphatic hydroxyl groups is 1. The van der Waals surface area contributed by atoms with Crippen LogP contribution in [0.25, 0.3) is 0 Å². The Balaban J connectivity index is 2.13. The molecule has 0 saturated carbocycles. The van der Waals surface area contributed by atoms with E-state index >= 15 is 0 Å². The molecule has 3 nitrogen and oxygen atoms in total. The Kier molecular flexibility index (Phi) is 4.48. The Morgan fingerprint density at radius 2 is 2.16 bits per heavy atom. The Bertz CT molecular complexity index is 429. The van der Waals surface area contributed by atoms with Crippen molar-refractivity contribution in [2.75, 3.05) is 20.2 Å². The molecule has 0 radical (unpaired) electrons. The zero-order chi connectivity index (χ0) is 13.9. The summed E-state index contributed by atoms with van der Waals surface area (Å²) in [6.45, 7) is 7.93. The highest BCUT2D eigenvalue weighted by atomic mass is 16.5. The number of hydrogen-bond donors (Lipinski definition) is 1. The number of rotatable bonds is 4. The van der Waals surface area contributed by atoms with Gasteiger partial charge in [0.15, 0.2) is 0 Å². The van der Waals surface area contributed by atoms with E-state index in [4.69, 9.17) is 4.74 Å². The van der Waals surface area contributed by atoms with Crippen LogP contribution in [0.2, 0.25) is 0 Å².